The second-order valence-corrected chi connectivity index (χ2v) is 2.85. The molecule has 0 atom stereocenters. The maximum absolute atomic E-state index is 8.75. The smallest absolute Gasteiger partial charge is 0.0299 e. The first-order valence-electron chi connectivity index (χ1n) is 3.57. The van der Waals surface area contributed by atoms with Crippen LogP contribution in [0.5, 0.6) is 0 Å². The summed E-state index contributed by atoms with van der Waals surface area (Å²) < 4.78 is 0. The number of hydroxylamine groups is 1. The van der Waals surface area contributed by atoms with E-state index in [1.165, 1.54) is 7.05 Å². The molecule has 0 aromatic carbocycles. The van der Waals surface area contributed by atoms with Crippen LogP contribution in [-0.2, 0) is 0 Å². The Labute approximate surface area is 68.1 Å². The fourth-order valence-electron chi connectivity index (χ4n) is 0.647. The summed E-state index contributed by atoms with van der Waals surface area (Å²) >= 11 is 0. The van der Waals surface area contributed by atoms with E-state index in [9.17, 15) is 0 Å². The summed E-state index contributed by atoms with van der Waals surface area (Å²) in [6, 6.07) is 0. The van der Waals surface area contributed by atoms with Gasteiger partial charge >= 0.3 is 0 Å². The number of nitrogens with one attached hydrogen (secondary N) is 1. The van der Waals surface area contributed by atoms with E-state index in [0.29, 0.717) is 0 Å². The molecule has 0 spiro atoms. The number of hydrogen-bond donors (Lipinski definition) is 2. The third-order valence-electron chi connectivity index (χ3n) is 1.20. The Morgan fingerprint density at radius 1 is 1.09 bits per heavy atom. The predicted molar refractivity (Wildman–Crippen MR) is 43.9 cm³/mol. The van der Waals surface area contributed by atoms with Crippen molar-refractivity contribution in [3.63, 3.8) is 0 Å². The first-order valence-corrected chi connectivity index (χ1v) is 3.57. The summed E-state index contributed by atoms with van der Waals surface area (Å²) in [5.74, 6) is 0. The zero-order valence-electron chi connectivity index (χ0n) is 7.70. The largest absolute Gasteiger partial charge is 0.308 e. The van der Waals surface area contributed by atoms with Crippen molar-refractivity contribution in [2.45, 2.75) is 0 Å². The highest BCUT2D eigenvalue weighted by atomic mass is 16.5. The molecule has 0 aromatic heterocycles. The fourth-order valence-corrected chi connectivity index (χ4v) is 0.647. The normalized spacial score (nSPS) is 12.0. The van der Waals surface area contributed by atoms with Gasteiger partial charge in [-0.25, -0.2) is 5.01 Å². The van der Waals surface area contributed by atoms with E-state index in [1.807, 2.05) is 21.1 Å². The summed E-state index contributed by atoms with van der Waals surface area (Å²) in [4.78, 5) is 2.08. The Morgan fingerprint density at radius 2 is 1.64 bits per heavy atom. The van der Waals surface area contributed by atoms with Crippen LogP contribution in [-0.4, -0.2) is 61.6 Å². The van der Waals surface area contributed by atoms with Gasteiger partial charge in [-0.05, 0) is 14.1 Å². The van der Waals surface area contributed by atoms with Crippen LogP contribution < -0.4 is 5.53 Å². The van der Waals surface area contributed by atoms with Crippen molar-refractivity contribution < 1.29 is 5.21 Å². The molecule has 2 N–H and O–H groups in total. The van der Waals surface area contributed by atoms with Gasteiger partial charge in [-0.1, -0.05) is 0 Å². The molecule has 0 amide bonds. The van der Waals surface area contributed by atoms with Gasteiger partial charge in [0.2, 0.25) is 0 Å². The molecule has 0 saturated carbocycles. The van der Waals surface area contributed by atoms with Gasteiger partial charge in [-0.2, -0.15) is 5.53 Å². The van der Waals surface area contributed by atoms with Gasteiger partial charge in [0, 0.05) is 27.2 Å². The molecule has 5 nitrogen and oxygen atoms in total. The molecule has 0 aromatic rings. The van der Waals surface area contributed by atoms with Crippen LogP contribution in [0.4, 0.5) is 0 Å². The second-order valence-electron chi connectivity index (χ2n) is 2.85. The van der Waals surface area contributed by atoms with Crippen molar-refractivity contribution in [3.8, 4) is 0 Å². The van der Waals surface area contributed by atoms with Crippen LogP contribution in [0.3, 0.4) is 0 Å². The Hall–Kier alpha value is -0.200. The molecule has 0 saturated heterocycles. The van der Waals surface area contributed by atoms with Crippen molar-refractivity contribution in [1.82, 2.24) is 20.6 Å². The molecule has 0 heterocycles. The van der Waals surface area contributed by atoms with Crippen LogP contribution in [0, 0.1) is 0 Å². The minimum Gasteiger partial charge on any atom is -0.308 e. The maximum atomic E-state index is 8.75. The fraction of sp³-hybridized carbons (Fsp3) is 1.00. The van der Waals surface area contributed by atoms with Gasteiger partial charge in [0.25, 0.3) is 0 Å². The summed E-state index contributed by atoms with van der Waals surface area (Å²) in [5.41, 5.74) is 2.69. The van der Waals surface area contributed by atoms with E-state index < -0.39 is 0 Å². The first kappa shape index (κ1) is 10.8. The molecule has 0 aliphatic rings. The highest BCUT2D eigenvalue weighted by molar-refractivity contribution is 4.46. The van der Waals surface area contributed by atoms with Gasteiger partial charge in [-0.15, -0.1) is 5.17 Å². The molecular weight excluding hydrogens is 144 g/mol. The molecule has 0 fully saturated rings. The SMILES string of the molecule is CN(C)CCN(C)NN(C)O. The maximum Gasteiger partial charge on any atom is 0.0299 e. The predicted octanol–water partition coefficient (Wildman–Crippen LogP) is -0.780. The number of hydrogen-bond acceptors (Lipinski definition) is 5. The molecule has 0 bridgehead atoms. The molecule has 68 valence electrons. The minimum atomic E-state index is 0.859. The molecule has 0 aliphatic carbocycles. The van der Waals surface area contributed by atoms with Crippen LogP contribution in [0.1, 0.15) is 0 Å². The van der Waals surface area contributed by atoms with Gasteiger partial charge < -0.3 is 4.90 Å². The average Bonchev–Trinajstić information content (AvgIpc) is 1.82. The monoisotopic (exact) mass is 162 g/mol. The lowest BCUT2D eigenvalue weighted by Gasteiger charge is -2.22. The molecule has 5 heteroatoms. The van der Waals surface area contributed by atoms with Crippen LogP contribution in [0.25, 0.3) is 0 Å². The summed E-state index contributed by atoms with van der Waals surface area (Å²) in [5, 5.41) is 11.5. The van der Waals surface area contributed by atoms with E-state index >= 15 is 0 Å². The number of nitrogens with zero attached hydrogens (tertiary/aromatic N) is 3. The molecule has 0 aliphatic heterocycles. The average molecular weight is 162 g/mol. The van der Waals surface area contributed by atoms with Gasteiger partial charge in [0.15, 0.2) is 0 Å². The van der Waals surface area contributed by atoms with Crippen molar-refractivity contribution in [2.24, 2.45) is 0 Å². The molecule has 0 rings (SSSR count). The zero-order valence-corrected chi connectivity index (χ0v) is 7.70. The van der Waals surface area contributed by atoms with E-state index in [2.05, 4.69) is 10.4 Å². The lowest BCUT2D eigenvalue weighted by molar-refractivity contribution is -0.164. The number of rotatable bonds is 5. The Balaban J connectivity index is 3.29. The summed E-state index contributed by atoms with van der Waals surface area (Å²) in [6.45, 7) is 1.81. The third-order valence-corrected chi connectivity index (χ3v) is 1.20. The number of hydrazine groups is 2. The van der Waals surface area contributed by atoms with Crippen molar-refractivity contribution in [3.05, 3.63) is 0 Å². The third kappa shape index (κ3) is 7.70. The lowest BCUT2D eigenvalue weighted by Crippen LogP contribution is -2.46. The van der Waals surface area contributed by atoms with Gasteiger partial charge in [0.1, 0.15) is 0 Å². The molecular formula is C6H18N4O. The van der Waals surface area contributed by atoms with Crippen LogP contribution >= 0.6 is 0 Å². The van der Waals surface area contributed by atoms with Gasteiger partial charge in [0.05, 0.1) is 0 Å². The van der Waals surface area contributed by atoms with Crippen LogP contribution in [0.2, 0.25) is 0 Å². The molecule has 0 unspecified atom stereocenters. The highest BCUT2D eigenvalue weighted by Gasteiger charge is 1.98. The van der Waals surface area contributed by atoms with E-state index in [1.54, 1.807) is 5.01 Å². The Kier molecular flexibility index (Phi) is 5.35. The quantitative estimate of drug-likeness (QED) is 0.519. The minimum absolute atomic E-state index is 0.859. The van der Waals surface area contributed by atoms with Crippen LogP contribution in [0.15, 0.2) is 0 Å². The molecule has 11 heavy (non-hydrogen) atoms. The molecule has 0 radical (unpaired) electrons. The standard InChI is InChI=1S/C6H18N4O/c1-8(2)5-6-9(3)7-10(4)11/h7,11H,5-6H2,1-4H3. The Morgan fingerprint density at radius 3 is 2.00 bits per heavy atom. The van der Waals surface area contributed by atoms with E-state index in [4.69, 9.17) is 5.21 Å². The highest BCUT2D eigenvalue weighted by Crippen LogP contribution is 1.78. The van der Waals surface area contributed by atoms with E-state index in [-0.39, 0.29) is 0 Å². The second kappa shape index (κ2) is 5.45. The van der Waals surface area contributed by atoms with E-state index in [0.717, 1.165) is 18.3 Å². The number of likely N-dealkylation sites (N-methyl/N-ethyl adjacent to an activating group) is 2. The summed E-state index contributed by atoms with van der Waals surface area (Å²) in [6.07, 6.45) is 0. The zero-order chi connectivity index (χ0) is 8.85. The topological polar surface area (TPSA) is 42.0 Å². The summed E-state index contributed by atoms with van der Waals surface area (Å²) in [7, 11) is 7.43. The van der Waals surface area contributed by atoms with Crippen molar-refractivity contribution >= 4 is 0 Å². The van der Waals surface area contributed by atoms with Gasteiger partial charge in [-0.3, -0.25) is 5.21 Å². The Bertz CT molecular complexity index is 96.6. The van der Waals surface area contributed by atoms with Crippen molar-refractivity contribution in [2.75, 3.05) is 41.3 Å². The van der Waals surface area contributed by atoms with Crippen molar-refractivity contribution in [1.29, 1.82) is 0 Å². The first-order chi connectivity index (χ1) is 5.02. The lowest BCUT2D eigenvalue weighted by atomic mass is 10.6.